The summed E-state index contributed by atoms with van der Waals surface area (Å²) in [7, 11) is 0. The summed E-state index contributed by atoms with van der Waals surface area (Å²) in [4.78, 5) is 18.5. The van der Waals surface area contributed by atoms with E-state index in [1.54, 1.807) is 10.9 Å². The van der Waals surface area contributed by atoms with E-state index in [0.29, 0.717) is 25.2 Å². The summed E-state index contributed by atoms with van der Waals surface area (Å²) in [6.07, 6.45) is 1.65. The zero-order valence-electron chi connectivity index (χ0n) is 20.8. The highest BCUT2D eigenvalue weighted by Gasteiger charge is 2.30. The van der Waals surface area contributed by atoms with E-state index in [-0.39, 0.29) is 17.5 Å². The Balaban J connectivity index is 1.55. The zero-order valence-corrected chi connectivity index (χ0v) is 20.8. The second-order valence-electron chi connectivity index (χ2n) is 9.57. The summed E-state index contributed by atoms with van der Waals surface area (Å²) in [5.74, 6) is 1.70. The highest BCUT2D eigenvalue weighted by Crippen LogP contribution is 2.30. The minimum atomic E-state index is -0.136. The molecule has 0 fully saturated rings. The van der Waals surface area contributed by atoms with Crippen LogP contribution >= 0.6 is 0 Å². The first-order valence-corrected chi connectivity index (χ1v) is 12.2. The van der Waals surface area contributed by atoms with Gasteiger partial charge < -0.3 is 9.40 Å². The van der Waals surface area contributed by atoms with E-state index in [0.717, 1.165) is 33.6 Å². The normalized spacial score (nSPS) is 12.6. The summed E-state index contributed by atoms with van der Waals surface area (Å²) in [6.45, 7) is 7.86. The maximum absolute atomic E-state index is 13.1. The number of hydrogen-bond donors (Lipinski definition) is 1. The fourth-order valence-electron chi connectivity index (χ4n) is 4.74. The number of pyridine rings is 1. The molecule has 2 aromatic carbocycles. The van der Waals surface area contributed by atoms with Crippen molar-refractivity contribution in [3.05, 3.63) is 112 Å². The average molecular weight is 483 g/mol. The number of tetrazole rings is 1. The van der Waals surface area contributed by atoms with E-state index in [1.807, 2.05) is 49.4 Å². The number of fused-ring (bicyclic) bond motifs is 1. The molecule has 36 heavy (non-hydrogen) atoms. The number of hydrogen-bond acceptors (Lipinski definition) is 6. The largest absolute Gasteiger partial charge is 0.467 e. The van der Waals surface area contributed by atoms with Gasteiger partial charge in [-0.15, -0.1) is 5.10 Å². The zero-order chi connectivity index (χ0) is 25.1. The second kappa shape index (κ2) is 10.3. The summed E-state index contributed by atoms with van der Waals surface area (Å²) in [5.41, 5.74) is 3.74. The SMILES string of the molecule is Cc1ccc2cc(CN(Cc3ccccc3)C(c3nnnn3Cc3ccco3)C(C)C)c(=O)[nH]c2c1. The third-order valence-corrected chi connectivity index (χ3v) is 6.42. The average Bonchev–Trinajstić information content (AvgIpc) is 3.53. The maximum atomic E-state index is 13.1. The fraction of sp³-hybridized carbons (Fsp3) is 0.286. The molecule has 8 heteroatoms. The molecule has 5 rings (SSSR count). The van der Waals surface area contributed by atoms with Crippen molar-refractivity contribution < 1.29 is 4.42 Å². The van der Waals surface area contributed by atoms with Crippen molar-refractivity contribution in [1.29, 1.82) is 0 Å². The molecule has 5 aromatic rings. The number of aromatic nitrogens is 5. The minimum Gasteiger partial charge on any atom is -0.467 e. The smallest absolute Gasteiger partial charge is 0.252 e. The van der Waals surface area contributed by atoms with Crippen molar-refractivity contribution in [3.63, 3.8) is 0 Å². The Morgan fingerprint density at radius 3 is 2.61 bits per heavy atom. The standard InChI is InChI=1S/C28H30N6O2/c1-19(2)26(27-30-31-32-34(27)18-24-10-7-13-36-24)33(16-21-8-5-4-6-9-21)17-23-15-22-12-11-20(3)14-25(22)29-28(23)35/h4-15,19,26H,16-18H2,1-3H3,(H,29,35). The number of rotatable bonds is 9. The number of nitrogens with one attached hydrogen (secondary N) is 1. The molecule has 3 heterocycles. The van der Waals surface area contributed by atoms with Gasteiger partial charge in [0.05, 0.1) is 12.3 Å². The highest BCUT2D eigenvalue weighted by atomic mass is 16.3. The molecule has 1 atom stereocenters. The van der Waals surface area contributed by atoms with Gasteiger partial charge in [-0.25, -0.2) is 4.68 Å². The molecular formula is C28H30N6O2. The summed E-state index contributed by atoms with van der Waals surface area (Å²) >= 11 is 0. The molecule has 0 saturated heterocycles. The Bertz CT molecular complexity index is 1490. The molecule has 3 aromatic heterocycles. The number of furan rings is 1. The maximum Gasteiger partial charge on any atom is 0.252 e. The summed E-state index contributed by atoms with van der Waals surface area (Å²) in [5, 5.41) is 13.7. The van der Waals surface area contributed by atoms with Crippen LogP contribution in [0.3, 0.4) is 0 Å². The monoisotopic (exact) mass is 482 g/mol. The van der Waals surface area contributed by atoms with Crippen LogP contribution in [0.4, 0.5) is 0 Å². The second-order valence-corrected chi connectivity index (χ2v) is 9.57. The van der Waals surface area contributed by atoms with E-state index in [1.165, 1.54) is 0 Å². The minimum absolute atomic E-state index is 0.0798. The Morgan fingerprint density at radius 2 is 1.86 bits per heavy atom. The predicted molar refractivity (Wildman–Crippen MR) is 138 cm³/mol. The number of H-pyrrole nitrogens is 1. The van der Waals surface area contributed by atoms with Crippen molar-refractivity contribution in [3.8, 4) is 0 Å². The van der Waals surface area contributed by atoms with E-state index in [4.69, 9.17) is 4.42 Å². The Labute approximate surface area is 209 Å². The topological polar surface area (TPSA) is 92.8 Å². The molecule has 0 aliphatic heterocycles. The van der Waals surface area contributed by atoms with Crippen LogP contribution in [0.2, 0.25) is 0 Å². The van der Waals surface area contributed by atoms with Crippen LogP contribution in [0, 0.1) is 12.8 Å². The quantitative estimate of drug-likeness (QED) is 0.322. The first kappa shape index (κ1) is 23.7. The molecule has 1 unspecified atom stereocenters. The Morgan fingerprint density at radius 1 is 1.03 bits per heavy atom. The lowest BCUT2D eigenvalue weighted by molar-refractivity contribution is 0.125. The Kier molecular flexibility index (Phi) is 6.77. The number of benzene rings is 2. The summed E-state index contributed by atoms with van der Waals surface area (Å²) < 4.78 is 7.33. The van der Waals surface area contributed by atoms with Crippen molar-refractivity contribution in [1.82, 2.24) is 30.1 Å². The van der Waals surface area contributed by atoms with E-state index in [9.17, 15) is 4.79 Å². The summed E-state index contributed by atoms with van der Waals surface area (Å²) in [6, 6.07) is 22.0. The van der Waals surface area contributed by atoms with Crippen LogP contribution < -0.4 is 5.56 Å². The molecule has 8 nitrogen and oxygen atoms in total. The fourth-order valence-corrected chi connectivity index (χ4v) is 4.74. The Hall–Kier alpha value is -4.04. The van der Waals surface area contributed by atoms with Gasteiger partial charge in [-0.1, -0.05) is 56.3 Å². The van der Waals surface area contributed by atoms with Crippen LogP contribution in [0.5, 0.6) is 0 Å². The molecule has 184 valence electrons. The molecule has 0 aliphatic rings. The van der Waals surface area contributed by atoms with Gasteiger partial charge in [0.1, 0.15) is 12.3 Å². The molecular weight excluding hydrogens is 452 g/mol. The van der Waals surface area contributed by atoms with Gasteiger partial charge in [-0.2, -0.15) is 0 Å². The molecule has 0 amide bonds. The molecule has 0 saturated carbocycles. The number of nitrogens with zero attached hydrogens (tertiary/aromatic N) is 5. The van der Waals surface area contributed by atoms with E-state index < -0.39 is 0 Å². The highest BCUT2D eigenvalue weighted by molar-refractivity contribution is 5.79. The van der Waals surface area contributed by atoms with Gasteiger partial charge >= 0.3 is 0 Å². The first-order valence-electron chi connectivity index (χ1n) is 12.2. The van der Waals surface area contributed by atoms with Crippen molar-refractivity contribution in [2.75, 3.05) is 0 Å². The van der Waals surface area contributed by atoms with Crippen molar-refractivity contribution >= 4 is 10.9 Å². The molecule has 0 radical (unpaired) electrons. The predicted octanol–water partition coefficient (Wildman–Crippen LogP) is 4.86. The van der Waals surface area contributed by atoms with Crippen LogP contribution in [-0.4, -0.2) is 30.1 Å². The van der Waals surface area contributed by atoms with Gasteiger partial charge in [0.15, 0.2) is 5.82 Å². The lowest BCUT2D eigenvalue weighted by Crippen LogP contribution is -2.35. The van der Waals surface area contributed by atoms with Gasteiger partial charge in [-0.3, -0.25) is 9.69 Å². The first-order chi connectivity index (χ1) is 17.5. The van der Waals surface area contributed by atoms with E-state index in [2.05, 4.69) is 63.5 Å². The van der Waals surface area contributed by atoms with Crippen LogP contribution in [-0.2, 0) is 19.6 Å². The lowest BCUT2D eigenvalue weighted by atomic mass is 9.99. The van der Waals surface area contributed by atoms with Crippen LogP contribution in [0.25, 0.3) is 10.9 Å². The van der Waals surface area contributed by atoms with Crippen molar-refractivity contribution in [2.24, 2.45) is 5.92 Å². The van der Waals surface area contributed by atoms with Gasteiger partial charge in [0.2, 0.25) is 0 Å². The molecule has 0 spiro atoms. The van der Waals surface area contributed by atoms with Crippen LogP contribution in [0.15, 0.2) is 82.2 Å². The molecule has 0 bridgehead atoms. The van der Waals surface area contributed by atoms with Gasteiger partial charge in [-0.05, 0) is 64.0 Å². The lowest BCUT2D eigenvalue weighted by Gasteiger charge is -2.33. The van der Waals surface area contributed by atoms with Gasteiger partial charge in [0, 0.05) is 24.2 Å². The van der Waals surface area contributed by atoms with E-state index >= 15 is 0 Å². The third-order valence-electron chi connectivity index (χ3n) is 6.42. The van der Waals surface area contributed by atoms with Gasteiger partial charge in [0.25, 0.3) is 5.56 Å². The number of aryl methyl sites for hydroxylation is 1. The number of aromatic amines is 1. The van der Waals surface area contributed by atoms with Crippen LogP contribution in [0.1, 0.15) is 48.2 Å². The third kappa shape index (κ3) is 5.13. The molecule has 1 N–H and O–H groups in total. The van der Waals surface area contributed by atoms with Crippen molar-refractivity contribution in [2.45, 2.75) is 46.4 Å². The molecule has 0 aliphatic carbocycles.